The summed E-state index contributed by atoms with van der Waals surface area (Å²) in [5.41, 5.74) is 0.0240. The van der Waals surface area contributed by atoms with E-state index < -0.39 is 5.91 Å². The molecule has 0 atom stereocenters. The van der Waals surface area contributed by atoms with Crippen molar-refractivity contribution in [2.45, 2.75) is 0 Å². The maximum absolute atomic E-state index is 11.9. The van der Waals surface area contributed by atoms with Crippen LogP contribution in [-0.2, 0) is 4.79 Å². The largest absolute Gasteiger partial charge is 0.508 e. The number of carbonyl (C=O) groups is 2. The smallest absolute Gasteiger partial charge is 0.255 e. The van der Waals surface area contributed by atoms with Crippen LogP contribution in [-0.4, -0.2) is 59.7 Å². The van der Waals surface area contributed by atoms with Gasteiger partial charge in [-0.3, -0.25) is 9.59 Å². The van der Waals surface area contributed by atoms with Gasteiger partial charge in [-0.2, -0.15) is 0 Å². The Labute approximate surface area is 116 Å². The molecule has 0 spiro atoms. The Balaban J connectivity index is 1.89. The lowest BCUT2D eigenvalue weighted by Crippen LogP contribution is -2.49. The van der Waals surface area contributed by atoms with Gasteiger partial charge in [-0.15, -0.1) is 0 Å². The SMILES string of the molecule is O=C(NCC(=O)N1CCNCC1)c1ccc(O)cc1O. The monoisotopic (exact) mass is 279 g/mol. The number of amides is 2. The number of hydrogen-bond donors (Lipinski definition) is 4. The van der Waals surface area contributed by atoms with E-state index >= 15 is 0 Å². The van der Waals surface area contributed by atoms with Crippen LogP contribution in [0.25, 0.3) is 0 Å². The van der Waals surface area contributed by atoms with Gasteiger partial charge < -0.3 is 25.7 Å². The molecule has 1 aliphatic rings. The first-order chi connectivity index (χ1) is 9.58. The van der Waals surface area contributed by atoms with Gasteiger partial charge in [0.1, 0.15) is 11.5 Å². The maximum Gasteiger partial charge on any atom is 0.255 e. The lowest BCUT2D eigenvalue weighted by Gasteiger charge is -2.27. The summed E-state index contributed by atoms with van der Waals surface area (Å²) in [6, 6.07) is 3.68. The van der Waals surface area contributed by atoms with Crippen molar-refractivity contribution in [1.82, 2.24) is 15.5 Å². The molecular weight excluding hydrogens is 262 g/mol. The minimum atomic E-state index is -0.550. The first-order valence-electron chi connectivity index (χ1n) is 6.36. The van der Waals surface area contributed by atoms with Gasteiger partial charge in [0.25, 0.3) is 5.91 Å². The van der Waals surface area contributed by atoms with E-state index in [1.165, 1.54) is 12.1 Å². The predicted molar refractivity (Wildman–Crippen MR) is 71.6 cm³/mol. The molecule has 20 heavy (non-hydrogen) atoms. The van der Waals surface area contributed by atoms with Gasteiger partial charge in [0, 0.05) is 32.2 Å². The van der Waals surface area contributed by atoms with Gasteiger partial charge in [0.15, 0.2) is 0 Å². The van der Waals surface area contributed by atoms with Crippen molar-refractivity contribution in [2.24, 2.45) is 0 Å². The van der Waals surface area contributed by atoms with E-state index in [1.807, 2.05) is 0 Å². The third-order valence-corrected chi connectivity index (χ3v) is 3.10. The van der Waals surface area contributed by atoms with Crippen molar-refractivity contribution >= 4 is 11.8 Å². The fraction of sp³-hybridized carbons (Fsp3) is 0.385. The van der Waals surface area contributed by atoms with Crippen LogP contribution in [0, 0.1) is 0 Å². The molecular formula is C13H17N3O4. The molecule has 1 fully saturated rings. The summed E-state index contributed by atoms with van der Waals surface area (Å²) in [5, 5.41) is 24.3. The zero-order valence-electron chi connectivity index (χ0n) is 10.9. The highest BCUT2D eigenvalue weighted by Gasteiger charge is 2.18. The molecule has 1 aromatic rings. The predicted octanol–water partition coefficient (Wildman–Crippen LogP) is -0.741. The number of nitrogens with one attached hydrogen (secondary N) is 2. The Morgan fingerprint density at radius 2 is 1.95 bits per heavy atom. The molecule has 7 heteroatoms. The van der Waals surface area contributed by atoms with Crippen LogP contribution >= 0.6 is 0 Å². The highest BCUT2D eigenvalue weighted by molar-refractivity contribution is 5.98. The van der Waals surface area contributed by atoms with Gasteiger partial charge in [-0.1, -0.05) is 0 Å². The molecule has 0 aromatic heterocycles. The second kappa shape index (κ2) is 6.25. The highest BCUT2D eigenvalue weighted by atomic mass is 16.3. The molecule has 7 nitrogen and oxygen atoms in total. The number of aromatic hydroxyl groups is 2. The van der Waals surface area contributed by atoms with Crippen LogP contribution in [0.15, 0.2) is 18.2 Å². The minimum absolute atomic E-state index is 0.0240. The van der Waals surface area contributed by atoms with Crippen molar-refractivity contribution in [1.29, 1.82) is 0 Å². The Morgan fingerprint density at radius 3 is 2.60 bits per heavy atom. The summed E-state index contributed by atoms with van der Waals surface area (Å²) in [5.74, 6) is -1.16. The quantitative estimate of drug-likeness (QED) is 0.584. The first kappa shape index (κ1) is 14.1. The number of carbonyl (C=O) groups excluding carboxylic acids is 2. The van der Waals surface area contributed by atoms with Crippen LogP contribution in [0.3, 0.4) is 0 Å². The van der Waals surface area contributed by atoms with Gasteiger partial charge in [-0.25, -0.2) is 0 Å². The van der Waals surface area contributed by atoms with Crippen molar-refractivity contribution in [2.75, 3.05) is 32.7 Å². The van der Waals surface area contributed by atoms with E-state index in [1.54, 1.807) is 4.90 Å². The molecule has 0 radical (unpaired) electrons. The second-order valence-electron chi connectivity index (χ2n) is 4.51. The maximum atomic E-state index is 11.9. The summed E-state index contributed by atoms with van der Waals surface area (Å²) in [4.78, 5) is 25.4. The Kier molecular flexibility index (Phi) is 4.41. The number of rotatable bonds is 3. The summed E-state index contributed by atoms with van der Waals surface area (Å²) >= 11 is 0. The van der Waals surface area contributed by atoms with Crippen LogP contribution < -0.4 is 10.6 Å². The zero-order chi connectivity index (χ0) is 14.5. The van der Waals surface area contributed by atoms with Crippen molar-refractivity contribution in [3.05, 3.63) is 23.8 Å². The summed E-state index contributed by atoms with van der Waals surface area (Å²) in [6.07, 6.45) is 0. The molecule has 1 saturated heterocycles. The van der Waals surface area contributed by atoms with E-state index in [4.69, 9.17) is 5.11 Å². The van der Waals surface area contributed by atoms with Gasteiger partial charge in [0.05, 0.1) is 12.1 Å². The summed E-state index contributed by atoms with van der Waals surface area (Å²) in [6.45, 7) is 2.63. The molecule has 1 aliphatic heterocycles. The Morgan fingerprint density at radius 1 is 1.25 bits per heavy atom. The van der Waals surface area contributed by atoms with Gasteiger partial charge >= 0.3 is 0 Å². The van der Waals surface area contributed by atoms with Crippen LogP contribution in [0.5, 0.6) is 11.5 Å². The fourth-order valence-electron chi connectivity index (χ4n) is 1.99. The minimum Gasteiger partial charge on any atom is -0.508 e. The van der Waals surface area contributed by atoms with E-state index in [-0.39, 0.29) is 29.5 Å². The zero-order valence-corrected chi connectivity index (χ0v) is 10.9. The van der Waals surface area contributed by atoms with Crippen molar-refractivity contribution in [3.8, 4) is 11.5 Å². The number of phenols is 2. The standard InChI is InChI=1S/C13H17N3O4/c17-9-1-2-10(11(18)7-9)13(20)15-8-12(19)16-5-3-14-4-6-16/h1-2,7,14,17-18H,3-6,8H2,(H,15,20). The molecule has 0 bridgehead atoms. The average molecular weight is 279 g/mol. The van der Waals surface area contributed by atoms with Gasteiger partial charge in [0.2, 0.25) is 5.91 Å². The van der Waals surface area contributed by atoms with E-state index in [9.17, 15) is 14.7 Å². The molecule has 0 aliphatic carbocycles. The molecule has 108 valence electrons. The molecule has 1 aromatic carbocycles. The Hall–Kier alpha value is -2.28. The normalized spacial score (nSPS) is 14.9. The van der Waals surface area contributed by atoms with Crippen molar-refractivity contribution < 1.29 is 19.8 Å². The molecule has 0 saturated carbocycles. The summed E-state index contributed by atoms with van der Waals surface area (Å²) in [7, 11) is 0. The third kappa shape index (κ3) is 3.39. The molecule has 0 unspecified atom stereocenters. The van der Waals surface area contributed by atoms with Crippen LogP contribution in [0.2, 0.25) is 0 Å². The topological polar surface area (TPSA) is 102 Å². The highest BCUT2D eigenvalue weighted by Crippen LogP contribution is 2.22. The lowest BCUT2D eigenvalue weighted by molar-refractivity contribution is -0.130. The van der Waals surface area contributed by atoms with Crippen molar-refractivity contribution in [3.63, 3.8) is 0 Å². The molecule has 2 amide bonds. The molecule has 1 heterocycles. The van der Waals surface area contributed by atoms with E-state index in [2.05, 4.69) is 10.6 Å². The number of phenolic OH excluding ortho intramolecular Hbond substituents is 2. The fourth-order valence-corrected chi connectivity index (χ4v) is 1.99. The van der Waals surface area contributed by atoms with Gasteiger partial charge in [-0.05, 0) is 12.1 Å². The van der Waals surface area contributed by atoms with E-state index in [0.29, 0.717) is 13.1 Å². The Bertz CT molecular complexity index is 512. The van der Waals surface area contributed by atoms with Crippen LogP contribution in [0.1, 0.15) is 10.4 Å². The average Bonchev–Trinajstić information content (AvgIpc) is 2.45. The third-order valence-electron chi connectivity index (χ3n) is 3.10. The van der Waals surface area contributed by atoms with E-state index in [0.717, 1.165) is 19.2 Å². The number of piperazine rings is 1. The second-order valence-corrected chi connectivity index (χ2v) is 4.51. The molecule has 2 rings (SSSR count). The number of nitrogens with zero attached hydrogens (tertiary/aromatic N) is 1. The number of hydrogen-bond acceptors (Lipinski definition) is 5. The van der Waals surface area contributed by atoms with Crippen LogP contribution in [0.4, 0.5) is 0 Å². The number of benzene rings is 1. The lowest BCUT2D eigenvalue weighted by atomic mass is 10.2. The molecule has 4 N–H and O–H groups in total. The summed E-state index contributed by atoms with van der Waals surface area (Å²) < 4.78 is 0. The first-order valence-corrected chi connectivity index (χ1v) is 6.36.